The van der Waals surface area contributed by atoms with E-state index >= 15 is 0 Å². The third kappa shape index (κ3) is 4.42. The highest BCUT2D eigenvalue weighted by Crippen LogP contribution is 2.32. The average Bonchev–Trinajstić information content (AvgIpc) is 3.09. The van der Waals surface area contributed by atoms with Crippen LogP contribution in [0.3, 0.4) is 0 Å². The molecule has 0 radical (unpaired) electrons. The maximum absolute atomic E-state index is 2.20. The molecule has 0 bridgehead atoms. The second-order valence-electron chi connectivity index (χ2n) is 4.37. The molecule has 0 saturated carbocycles. The summed E-state index contributed by atoms with van der Waals surface area (Å²) < 4.78 is 0. The Balaban J connectivity index is 2.14. The van der Waals surface area contributed by atoms with Crippen LogP contribution < -0.4 is 0 Å². The quantitative estimate of drug-likeness (QED) is 0.554. The summed E-state index contributed by atoms with van der Waals surface area (Å²) in [4.78, 5) is 0. The lowest BCUT2D eigenvalue weighted by atomic mass is 10.2. The molecule has 2 rings (SSSR count). The van der Waals surface area contributed by atoms with Gasteiger partial charge in [-0.1, -0.05) is 84.6 Å². The average molecular weight is 234 g/mol. The Kier molecular flexibility index (Phi) is 4.54. The Morgan fingerprint density at radius 2 is 1.11 bits per heavy atom. The maximum atomic E-state index is 2.20. The summed E-state index contributed by atoms with van der Waals surface area (Å²) in [7, 11) is 0. The normalized spacial score (nSPS) is 19.1. The molecule has 0 atom stereocenters. The zero-order valence-electron chi connectivity index (χ0n) is 10.7. The molecule has 0 unspecified atom stereocenters. The van der Waals surface area contributed by atoms with Gasteiger partial charge in [-0.15, -0.1) is 0 Å². The van der Waals surface area contributed by atoms with Crippen molar-refractivity contribution in [2.45, 2.75) is 13.3 Å². The highest BCUT2D eigenvalue weighted by atomic mass is 14.2. The molecule has 0 aliphatic heterocycles. The Morgan fingerprint density at radius 1 is 0.611 bits per heavy atom. The fourth-order valence-corrected chi connectivity index (χ4v) is 1.63. The lowest BCUT2D eigenvalue weighted by Gasteiger charge is -1.86. The van der Waals surface area contributed by atoms with E-state index in [9.17, 15) is 0 Å². The van der Waals surface area contributed by atoms with Crippen molar-refractivity contribution in [2.24, 2.45) is 0 Å². The number of hydrogen-bond acceptors (Lipinski definition) is 0. The Morgan fingerprint density at radius 3 is 1.78 bits per heavy atom. The smallest absolute Gasteiger partial charge is 0.00201 e. The van der Waals surface area contributed by atoms with Crippen LogP contribution in [0, 0.1) is 0 Å². The molecule has 0 aromatic heterocycles. The van der Waals surface area contributed by atoms with Gasteiger partial charge in [0, 0.05) is 0 Å². The zero-order valence-corrected chi connectivity index (χ0v) is 10.7. The van der Waals surface area contributed by atoms with Crippen LogP contribution >= 0.6 is 0 Å². The van der Waals surface area contributed by atoms with Gasteiger partial charge < -0.3 is 0 Å². The zero-order chi connectivity index (χ0) is 12.6. The van der Waals surface area contributed by atoms with E-state index in [0.717, 1.165) is 6.42 Å². The molecule has 2 aliphatic carbocycles. The fraction of sp³-hybridized carbons (Fsp3) is 0.111. The van der Waals surface area contributed by atoms with Crippen LogP contribution in [0.2, 0.25) is 0 Å². The number of hydrogen-bond donors (Lipinski definition) is 0. The van der Waals surface area contributed by atoms with Gasteiger partial charge in [0.15, 0.2) is 0 Å². The third-order valence-electron chi connectivity index (χ3n) is 2.76. The summed E-state index contributed by atoms with van der Waals surface area (Å²) in [6.07, 6.45) is 28.3. The third-order valence-corrected chi connectivity index (χ3v) is 2.76. The lowest BCUT2D eigenvalue weighted by Crippen LogP contribution is -1.65. The molecule has 0 N–H and O–H groups in total. The van der Waals surface area contributed by atoms with Gasteiger partial charge in [-0.2, -0.15) is 0 Å². The van der Waals surface area contributed by atoms with Crippen molar-refractivity contribution in [1.82, 2.24) is 0 Å². The predicted molar refractivity (Wildman–Crippen MR) is 80.2 cm³/mol. The molecule has 18 heavy (non-hydrogen) atoms. The van der Waals surface area contributed by atoms with Crippen LogP contribution in [0.15, 0.2) is 95.7 Å². The molecule has 0 aromatic carbocycles. The summed E-state index contributed by atoms with van der Waals surface area (Å²) in [5.74, 6) is 0. The van der Waals surface area contributed by atoms with Crippen molar-refractivity contribution in [3.8, 4) is 0 Å². The van der Waals surface area contributed by atoms with Crippen molar-refractivity contribution in [2.75, 3.05) is 0 Å². The van der Waals surface area contributed by atoms with Crippen LogP contribution in [0.5, 0.6) is 0 Å². The van der Waals surface area contributed by atoms with E-state index in [1.165, 1.54) is 16.7 Å². The van der Waals surface area contributed by atoms with E-state index in [0.29, 0.717) is 0 Å². The maximum Gasteiger partial charge on any atom is -0.00201 e. The molecular weight excluding hydrogens is 216 g/mol. The highest BCUT2D eigenvalue weighted by molar-refractivity contribution is 5.51. The van der Waals surface area contributed by atoms with Crippen molar-refractivity contribution in [3.05, 3.63) is 95.7 Å². The van der Waals surface area contributed by atoms with Crippen LogP contribution in [0.4, 0.5) is 0 Å². The summed E-state index contributed by atoms with van der Waals surface area (Å²) in [6.45, 7) is 2.11. The molecular formula is C18H18. The van der Waals surface area contributed by atoms with Gasteiger partial charge in [-0.25, -0.2) is 0 Å². The van der Waals surface area contributed by atoms with Gasteiger partial charge in [-0.3, -0.25) is 0 Å². The lowest BCUT2D eigenvalue weighted by molar-refractivity contribution is 1.51. The molecule has 0 fully saturated rings. The Hall–Kier alpha value is -2.08. The van der Waals surface area contributed by atoms with Crippen LogP contribution in [-0.4, -0.2) is 0 Å². The Bertz CT molecular complexity index is 522. The minimum atomic E-state index is 1.13. The first-order valence-corrected chi connectivity index (χ1v) is 6.28. The molecule has 0 spiro atoms. The highest BCUT2D eigenvalue weighted by Gasteiger charge is 2.14. The largest absolute Gasteiger partial charge is 0.0623 e. The van der Waals surface area contributed by atoms with Gasteiger partial charge in [0.25, 0.3) is 0 Å². The van der Waals surface area contributed by atoms with E-state index in [2.05, 4.69) is 55.5 Å². The van der Waals surface area contributed by atoms with E-state index in [1.807, 2.05) is 30.4 Å². The molecule has 0 amide bonds. The predicted octanol–water partition coefficient (Wildman–Crippen LogP) is 4.98. The van der Waals surface area contributed by atoms with Crippen molar-refractivity contribution in [1.29, 1.82) is 0 Å². The van der Waals surface area contributed by atoms with Crippen molar-refractivity contribution in [3.63, 3.8) is 0 Å². The number of allylic oxidation sites excluding steroid dienone is 16. The van der Waals surface area contributed by atoms with Crippen molar-refractivity contribution < 1.29 is 0 Å². The first-order chi connectivity index (χ1) is 8.86. The Labute approximate surface area is 109 Å². The standard InChI is InChI=1S/C18H18/c1-16-11-8-6-4-2-3-5-7-9-13-17-15-18(17)14-10-12-16/h2-14H,15H2,1H3. The summed E-state index contributed by atoms with van der Waals surface area (Å²) in [5, 5.41) is 0. The van der Waals surface area contributed by atoms with Gasteiger partial charge in [-0.05, 0) is 24.5 Å². The number of rotatable bonds is 0. The summed E-state index contributed by atoms with van der Waals surface area (Å²) >= 11 is 0. The van der Waals surface area contributed by atoms with E-state index in [1.54, 1.807) is 0 Å². The van der Waals surface area contributed by atoms with Crippen LogP contribution in [0.1, 0.15) is 13.3 Å². The second-order valence-corrected chi connectivity index (χ2v) is 4.37. The van der Waals surface area contributed by atoms with E-state index in [4.69, 9.17) is 0 Å². The van der Waals surface area contributed by atoms with Crippen molar-refractivity contribution >= 4 is 0 Å². The first-order valence-electron chi connectivity index (χ1n) is 6.28. The fourth-order valence-electron chi connectivity index (χ4n) is 1.63. The van der Waals surface area contributed by atoms with Gasteiger partial charge in [0.05, 0.1) is 0 Å². The molecule has 0 aromatic rings. The SMILES string of the molecule is CC1=CC=CC2=C(C=CC=CC=CC=CC=C1)C2. The molecule has 0 nitrogen and oxygen atoms in total. The molecule has 0 saturated heterocycles. The van der Waals surface area contributed by atoms with Crippen LogP contribution in [0.25, 0.3) is 0 Å². The second kappa shape index (κ2) is 6.61. The monoisotopic (exact) mass is 234 g/mol. The molecule has 2 aliphatic rings. The molecule has 0 heteroatoms. The van der Waals surface area contributed by atoms with Gasteiger partial charge >= 0.3 is 0 Å². The van der Waals surface area contributed by atoms with Crippen LogP contribution in [-0.2, 0) is 0 Å². The topological polar surface area (TPSA) is 0 Å². The summed E-state index contributed by atoms with van der Waals surface area (Å²) in [6, 6.07) is 0. The van der Waals surface area contributed by atoms with Gasteiger partial charge in [0.2, 0.25) is 0 Å². The minimum absolute atomic E-state index is 1.13. The summed E-state index contributed by atoms with van der Waals surface area (Å²) in [5.41, 5.74) is 4.13. The van der Waals surface area contributed by atoms with Gasteiger partial charge in [0.1, 0.15) is 0 Å². The minimum Gasteiger partial charge on any atom is -0.0623 e. The van der Waals surface area contributed by atoms with E-state index < -0.39 is 0 Å². The van der Waals surface area contributed by atoms with E-state index in [-0.39, 0.29) is 0 Å². The molecule has 90 valence electrons. The first kappa shape index (κ1) is 12.4. The molecule has 0 heterocycles.